The summed E-state index contributed by atoms with van der Waals surface area (Å²) >= 11 is 0. The van der Waals surface area contributed by atoms with Crippen molar-refractivity contribution >= 4 is 5.78 Å². The van der Waals surface area contributed by atoms with Crippen molar-refractivity contribution in [2.24, 2.45) is 0 Å². The highest BCUT2D eigenvalue weighted by molar-refractivity contribution is 6.12. The normalized spacial score (nSPS) is 10.4. The first kappa shape index (κ1) is 14.3. The zero-order valence-electron chi connectivity index (χ0n) is 12.1. The average molecular weight is 272 g/mol. The number of benzene rings is 2. The molecule has 0 aromatic heterocycles. The fourth-order valence-electron chi connectivity index (χ4n) is 2.33. The van der Waals surface area contributed by atoms with Gasteiger partial charge in [0.15, 0.2) is 5.78 Å². The van der Waals surface area contributed by atoms with E-state index in [-0.39, 0.29) is 11.3 Å². The van der Waals surface area contributed by atoms with Crippen molar-refractivity contribution in [2.45, 2.75) is 20.8 Å². The molecule has 0 heterocycles. The Morgan fingerprint density at radius 1 is 1.05 bits per heavy atom. The van der Waals surface area contributed by atoms with E-state index in [1.807, 2.05) is 26.8 Å². The van der Waals surface area contributed by atoms with Gasteiger partial charge in [-0.2, -0.15) is 0 Å². The number of carbonyl (C=O) groups excluding carboxylic acids is 1. The number of halogens is 1. The van der Waals surface area contributed by atoms with Crippen molar-refractivity contribution in [3.05, 3.63) is 64.0 Å². The van der Waals surface area contributed by atoms with Crippen LogP contribution in [0.3, 0.4) is 0 Å². The number of aryl methyl sites for hydroxylation is 3. The minimum absolute atomic E-state index is 0.0789. The lowest BCUT2D eigenvalue weighted by atomic mass is 9.95. The number of ether oxygens (including phenoxy) is 1. The fraction of sp³-hybridized carbons (Fsp3) is 0.235. The number of hydrogen-bond acceptors (Lipinski definition) is 2. The first-order chi connectivity index (χ1) is 9.43. The third-order valence-corrected chi connectivity index (χ3v) is 3.26. The van der Waals surface area contributed by atoms with Crippen molar-refractivity contribution in [1.29, 1.82) is 0 Å². The van der Waals surface area contributed by atoms with Crippen LogP contribution in [0.1, 0.15) is 32.6 Å². The van der Waals surface area contributed by atoms with Crippen LogP contribution in [0.2, 0.25) is 0 Å². The number of methoxy groups -OCH3 is 1. The highest BCUT2D eigenvalue weighted by atomic mass is 19.1. The molecule has 2 aromatic rings. The van der Waals surface area contributed by atoms with Crippen LogP contribution in [-0.2, 0) is 0 Å². The second-order valence-electron chi connectivity index (χ2n) is 4.97. The van der Waals surface area contributed by atoms with Crippen LogP contribution in [0.15, 0.2) is 30.3 Å². The molecule has 0 atom stereocenters. The second kappa shape index (κ2) is 5.45. The predicted molar refractivity (Wildman–Crippen MR) is 77.0 cm³/mol. The summed E-state index contributed by atoms with van der Waals surface area (Å²) in [6.45, 7) is 5.59. The van der Waals surface area contributed by atoms with Crippen LogP contribution in [0.25, 0.3) is 0 Å². The summed E-state index contributed by atoms with van der Waals surface area (Å²) in [6.07, 6.45) is 0. The minimum Gasteiger partial charge on any atom is -0.496 e. The van der Waals surface area contributed by atoms with Crippen LogP contribution < -0.4 is 4.74 Å². The van der Waals surface area contributed by atoms with Gasteiger partial charge in [0.2, 0.25) is 0 Å². The lowest BCUT2D eigenvalue weighted by molar-refractivity contribution is 0.103. The molecule has 3 heteroatoms. The quantitative estimate of drug-likeness (QED) is 0.790. The molecule has 0 aliphatic heterocycles. The summed E-state index contributed by atoms with van der Waals surface area (Å²) in [4.78, 5) is 12.6. The molecule has 0 aliphatic carbocycles. The van der Waals surface area contributed by atoms with Crippen molar-refractivity contribution in [3.63, 3.8) is 0 Å². The van der Waals surface area contributed by atoms with Gasteiger partial charge in [0.05, 0.1) is 18.2 Å². The zero-order valence-corrected chi connectivity index (χ0v) is 12.1. The Labute approximate surface area is 118 Å². The Morgan fingerprint density at radius 3 is 2.40 bits per heavy atom. The maximum Gasteiger partial charge on any atom is 0.199 e. The van der Waals surface area contributed by atoms with Gasteiger partial charge in [-0.15, -0.1) is 0 Å². The summed E-state index contributed by atoms with van der Waals surface area (Å²) in [7, 11) is 1.51. The molecule has 0 amide bonds. The SMILES string of the molecule is COc1cc(C)cc(C)c1C(=O)c1cc(C)ccc1F. The Bertz CT molecular complexity index is 675. The summed E-state index contributed by atoms with van der Waals surface area (Å²) < 4.78 is 19.2. The van der Waals surface area contributed by atoms with Gasteiger partial charge in [-0.1, -0.05) is 17.7 Å². The van der Waals surface area contributed by atoms with E-state index >= 15 is 0 Å². The topological polar surface area (TPSA) is 26.3 Å². The first-order valence-electron chi connectivity index (χ1n) is 6.40. The van der Waals surface area contributed by atoms with Crippen LogP contribution >= 0.6 is 0 Å². The Kier molecular flexibility index (Phi) is 3.89. The van der Waals surface area contributed by atoms with Crippen molar-refractivity contribution in [2.75, 3.05) is 7.11 Å². The van der Waals surface area contributed by atoms with Gasteiger partial charge < -0.3 is 4.74 Å². The lowest BCUT2D eigenvalue weighted by Crippen LogP contribution is -2.09. The predicted octanol–water partition coefficient (Wildman–Crippen LogP) is 3.99. The summed E-state index contributed by atoms with van der Waals surface area (Å²) in [5.41, 5.74) is 3.13. The maximum atomic E-state index is 13.9. The number of ketones is 1. The van der Waals surface area contributed by atoms with E-state index in [2.05, 4.69) is 0 Å². The summed E-state index contributed by atoms with van der Waals surface area (Å²) in [5.74, 6) is -0.378. The molecule has 2 rings (SSSR count). The van der Waals surface area contributed by atoms with Gasteiger partial charge in [0, 0.05) is 0 Å². The van der Waals surface area contributed by atoms with E-state index in [9.17, 15) is 9.18 Å². The van der Waals surface area contributed by atoms with E-state index in [1.54, 1.807) is 18.2 Å². The lowest BCUT2D eigenvalue weighted by Gasteiger charge is -2.13. The molecular weight excluding hydrogens is 255 g/mol. The van der Waals surface area contributed by atoms with Crippen molar-refractivity contribution in [1.82, 2.24) is 0 Å². The van der Waals surface area contributed by atoms with Crippen LogP contribution in [0.4, 0.5) is 4.39 Å². The Balaban J connectivity index is 2.62. The zero-order chi connectivity index (χ0) is 14.9. The van der Waals surface area contributed by atoms with Gasteiger partial charge in [-0.25, -0.2) is 4.39 Å². The molecule has 0 unspecified atom stereocenters. The van der Waals surface area contributed by atoms with Gasteiger partial charge in [-0.05, 0) is 50.1 Å². The second-order valence-corrected chi connectivity index (χ2v) is 4.97. The Morgan fingerprint density at radius 2 is 1.75 bits per heavy atom. The molecule has 0 saturated carbocycles. The highest BCUT2D eigenvalue weighted by Crippen LogP contribution is 2.27. The molecule has 0 aliphatic rings. The summed E-state index contributed by atoms with van der Waals surface area (Å²) in [6, 6.07) is 8.21. The molecule has 0 radical (unpaired) electrons. The Hall–Kier alpha value is -2.16. The molecule has 0 spiro atoms. The molecule has 0 bridgehead atoms. The highest BCUT2D eigenvalue weighted by Gasteiger charge is 2.20. The van der Waals surface area contributed by atoms with E-state index in [0.29, 0.717) is 11.3 Å². The first-order valence-corrected chi connectivity index (χ1v) is 6.40. The van der Waals surface area contributed by atoms with Crippen molar-refractivity contribution < 1.29 is 13.9 Å². The van der Waals surface area contributed by atoms with Crippen LogP contribution in [-0.4, -0.2) is 12.9 Å². The van der Waals surface area contributed by atoms with Crippen LogP contribution in [0.5, 0.6) is 5.75 Å². The third kappa shape index (κ3) is 2.57. The summed E-state index contributed by atoms with van der Waals surface area (Å²) in [5, 5.41) is 0. The number of rotatable bonds is 3. The molecule has 2 aromatic carbocycles. The van der Waals surface area contributed by atoms with E-state index < -0.39 is 5.82 Å². The largest absolute Gasteiger partial charge is 0.496 e. The smallest absolute Gasteiger partial charge is 0.199 e. The third-order valence-electron chi connectivity index (χ3n) is 3.26. The van der Waals surface area contributed by atoms with E-state index in [1.165, 1.54) is 13.2 Å². The molecule has 0 N–H and O–H groups in total. The van der Waals surface area contributed by atoms with Gasteiger partial charge in [-0.3, -0.25) is 4.79 Å². The van der Waals surface area contributed by atoms with Gasteiger partial charge >= 0.3 is 0 Å². The standard InChI is InChI=1S/C17H17FO2/c1-10-5-6-14(18)13(8-10)17(19)16-12(3)7-11(2)9-15(16)20-4/h5-9H,1-4H3. The van der Waals surface area contributed by atoms with Crippen LogP contribution in [0, 0.1) is 26.6 Å². The minimum atomic E-state index is -0.511. The fourth-order valence-corrected chi connectivity index (χ4v) is 2.33. The molecule has 0 saturated heterocycles. The monoisotopic (exact) mass is 272 g/mol. The van der Waals surface area contributed by atoms with Crippen molar-refractivity contribution in [3.8, 4) is 5.75 Å². The molecule has 2 nitrogen and oxygen atoms in total. The van der Waals surface area contributed by atoms with E-state index in [4.69, 9.17) is 4.74 Å². The molecule has 0 fully saturated rings. The average Bonchev–Trinajstić information content (AvgIpc) is 2.40. The maximum absolute atomic E-state index is 13.9. The number of carbonyl (C=O) groups is 1. The number of hydrogen-bond donors (Lipinski definition) is 0. The molecule has 104 valence electrons. The van der Waals surface area contributed by atoms with E-state index in [0.717, 1.165) is 16.7 Å². The van der Waals surface area contributed by atoms with Gasteiger partial charge in [0.25, 0.3) is 0 Å². The molecular formula is C17H17FO2. The van der Waals surface area contributed by atoms with Gasteiger partial charge in [0.1, 0.15) is 11.6 Å². The molecule has 20 heavy (non-hydrogen) atoms.